The van der Waals surface area contributed by atoms with Gasteiger partial charge in [0.2, 0.25) is 0 Å². The molecule has 0 saturated heterocycles. The van der Waals surface area contributed by atoms with E-state index in [1.165, 1.54) is 30.1 Å². The van der Waals surface area contributed by atoms with E-state index >= 15 is 0 Å². The third-order valence-electron chi connectivity index (χ3n) is 2.54. The average Bonchev–Trinajstić information content (AvgIpc) is 2.41. The number of halogens is 3. The number of nitrogens with zero attached hydrogens (tertiary/aromatic N) is 2. The van der Waals surface area contributed by atoms with Gasteiger partial charge in [-0.2, -0.15) is 0 Å². The van der Waals surface area contributed by atoms with Crippen molar-refractivity contribution in [2.24, 2.45) is 0 Å². The maximum atomic E-state index is 13.8. The van der Waals surface area contributed by atoms with Crippen molar-refractivity contribution in [3.63, 3.8) is 0 Å². The molecule has 2 aromatic rings. The monoisotopic (exact) mass is 302 g/mol. The topological polar surface area (TPSA) is 44.1 Å². The number of methoxy groups -OCH3 is 1. The van der Waals surface area contributed by atoms with Gasteiger partial charge in [-0.15, -0.1) is 0 Å². The zero-order chi connectivity index (χ0) is 14.0. The molecule has 7 heteroatoms. The number of benzene rings is 1. The van der Waals surface area contributed by atoms with Gasteiger partial charge in [0.05, 0.1) is 20.0 Å². The van der Waals surface area contributed by atoms with Gasteiger partial charge >= 0.3 is 0 Å². The first-order valence-corrected chi connectivity index (χ1v) is 6.01. The van der Waals surface area contributed by atoms with Crippen LogP contribution in [0.5, 0.6) is 5.75 Å². The maximum Gasteiger partial charge on any atom is 0.273 e. The molecule has 0 aliphatic rings. The van der Waals surface area contributed by atoms with Crippen LogP contribution in [-0.2, 0) is 6.54 Å². The fourth-order valence-electron chi connectivity index (χ4n) is 1.52. The molecule has 0 aliphatic heterocycles. The van der Waals surface area contributed by atoms with Gasteiger partial charge in [0.1, 0.15) is 16.6 Å². The van der Waals surface area contributed by atoms with Gasteiger partial charge in [0, 0.05) is 11.6 Å². The van der Waals surface area contributed by atoms with Crippen molar-refractivity contribution in [2.45, 2.75) is 6.54 Å². The van der Waals surface area contributed by atoms with Crippen LogP contribution in [0, 0.1) is 5.82 Å². The lowest BCUT2D eigenvalue weighted by atomic mass is 10.2. The standard InChI is InChI=1S/C12H9Cl2FN2O2/c1-19-8-3-2-7(9(15)4-8)5-17-6-16-11(14)10(13)12(17)18/h2-4,6H,5H2,1H3. The largest absolute Gasteiger partial charge is 0.497 e. The van der Waals surface area contributed by atoms with E-state index in [9.17, 15) is 9.18 Å². The molecule has 1 aromatic carbocycles. The Balaban J connectivity index is 2.37. The molecule has 0 unspecified atom stereocenters. The number of hydrogen-bond donors (Lipinski definition) is 0. The summed E-state index contributed by atoms with van der Waals surface area (Å²) in [5.41, 5.74) is -0.194. The quantitative estimate of drug-likeness (QED) is 0.819. The molecule has 1 heterocycles. The van der Waals surface area contributed by atoms with E-state index in [2.05, 4.69) is 4.98 Å². The first-order chi connectivity index (χ1) is 9.02. The molecule has 0 saturated carbocycles. The van der Waals surface area contributed by atoms with Crippen LogP contribution in [0.1, 0.15) is 5.56 Å². The van der Waals surface area contributed by atoms with Gasteiger partial charge in [-0.1, -0.05) is 29.3 Å². The molecule has 0 aliphatic carbocycles. The van der Waals surface area contributed by atoms with Crippen molar-refractivity contribution < 1.29 is 9.13 Å². The summed E-state index contributed by atoms with van der Waals surface area (Å²) in [6.07, 6.45) is 1.22. The minimum Gasteiger partial charge on any atom is -0.497 e. The summed E-state index contributed by atoms with van der Waals surface area (Å²) in [6.45, 7) is 0.0125. The van der Waals surface area contributed by atoms with E-state index in [-0.39, 0.29) is 16.7 Å². The summed E-state index contributed by atoms with van der Waals surface area (Å²) in [7, 11) is 1.45. The van der Waals surface area contributed by atoms with Crippen LogP contribution in [0.2, 0.25) is 10.2 Å². The van der Waals surface area contributed by atoms with Crippen molar-refractivity contribution in [2.75, 3.05) is 7.11 Å². The van der Waals surface area contributed by atoms with Gasteiger partial charge in [-0.25, -0.2) is 9.37 Å². The van der Waals surface area contributed by atoms with Crippen molar-refractivity contribution >= 4 is 23.2 Å². The molecule has 100 valence electrons. The molecule has 0 amide bonds. The average molecular weight is 303 g/mol. The molecule has 19 heavy (non-hydrogen) atoms. The number of hydrogen-bond acceptors (Lipinski definition) is 3. The lowest BCUT2D eigenvalue weighted by Gasteiger charge is -2.08. The summed E-state index contributed by atoms with van der Waals surface area (Å²) in [5.74, 6) is -0.0711. The van der Waals surface area contributed by atoms with E-state index in [1.807, 2.05) is 0 Å². The van der Waals surface area contributed by atoms with E-state index in [0.717, 1.165) is 0 Å². The minimum atomic E-state index is -0.517. The molecule has 1 aromatic heterocycles. The normalized spacial score (nSPS) is 10.5. The molecule has 0 atom stereocenters. The molecular weight excluding hydrogens is 294 g/mol. The van der Waals surface area contributed by atoms with Gasteiger partial charge in [-0.3, -0.25) is 9.36 Å². The smallest absolute Gasteiger partial charge is 0.273 e. The first kappa shape index (κ1) is 13.8. The van der Waals surface area contributed by atoms with Crippen LogP contribution in [0.4, 0.5) is 4.39 Å². The van der Waals surface area contributed by atoms with E-state index in [0.29, 0.717) is 11.3 Å². The second kappa shape index (κ2) is 5.59. The third-order valence-corrected chi connectivity index (χ3v) is 3.27. The van der Waals surface area contributed by atoms with Crippen molar-refractivity contribution in [3.05, 3.63) is 56.4 Å². The van der Waals surface area contributed by atoms with Crippen LogP contribution in [-0.4, -0.2) is 16.7 Å². The first-order valence-electron chi connectivity index (χ1n) is 5.25. The lowest BCUT2D eigenvalue weighted by molar-refractivity contribution is 0.410. The molecular formula is C12H9Cl2FN2O2. The second-order valence-electron chi connectivity index (χ2n) is 3.74. The van der Waals surface area contributed by atoms with Gasteiger partial charge < -0.3 is 4.74 Å². The van der Waals surface area contributed by atoms with Gasteiger partial charge in [0.25, 0.3) is 5.56 Å². The highest BCUT2D eigenvalue weighted by Crippen LogP contribution is 2.18. The summed E-state index contributed by atoms with van der Waals surface area (Å²) in [4.78, 5) is 15.5. The van der Waals surface area contributed by atoms with E-state index in [4.69, 9.17) is 27.9 Å². The van der Waals surface area contributed by atoms with Crippen molar-refractivity contribution in [1.82, 2.24) is 9.55 Å². The zero-order valence-corrected chi connectivity index (χ0v) is 11.4. The van der Waals surface area contributed by atoms with Crippen LogP contribution in [0.25, 0.3) is 0 Å². The Morgan fingerprint density at radius 3 is 2.79 bits per heavy atom. The Hall–Kier alpha value is -1.59. The zero-order valence-electron chi connectivity index (χ0n) is 9.86. The van der Waals surface area contributed by atoms with Crippen molar-refractivity contribution in [3.8, 4) is 5.75 Å². The predicted octanol–water partition coefficient (Wildman–Crippen LogP) is 2.75. The molecule has 0 spiro atoms. The lowest BCUT2D eigenvalue weighted by Crippen LogP contribution is -2.22. The highest BCUT2D eigenvalue weighted by molar-refractivity contribution is 6.40. The van der Waals surface area contributed by atoms with Crippen molar-refractivity contribution in [1.29, 1.82) is 0 Å². The predicted molar refractivity (Wildman–Crippen MR) is 70.6 cm³/mol. The SMILES string of the molecule is COc1ccc(Cn2cnc(Cl)c(Cl)c2=O)c(F)c1. The number of rotatable bonds is 3. The van der Waals surface area contributed by atoms with Crippen LogP contribution < -0.4 is 10.3 Å². The summed E-state index contributed by atoms with van der Waals surface area (Å²) < 4.78 is 19.8. The van der Waals surface area contributed by atoms with Gasteiger partial charge in [0.15, 0.2) is 5.15 Å². The van der Waals surface area contributed by atoms with E-state index < -0.39 is 11.4 Å². The summed E-state index contributed by atoms with van der Waals surface area (Å²) in [6, 6.07) is 4.38. The summed E-state index contributed by atoms with van der Waals surface area (Å²) in [5, 5.41) is -0.254. The van der Waals surface area contributed by atoms with Crippen LogP contribution in [0.3, 0.4) is 0 Å². The Kier molecular flexibility index (Phi) is 4.07. The maximum absolute atomic E-state index is 13.8. The number of ether oxygens (including phenoxy) is 1. The second-order valence-corrected chi connectivity index (χ2v) is 4.48. The highest BCUT2D eigenvalue weighted by atomic mass is 35.5. The highest BCUT2D eigenvalue weighted by Gasteiger charge is 2.10. The molecule has 0 radical (unpaired) electrons. The van der Waals surface area contributed by atoms with E-state index in [1.54, 1.807) is 6.07 Å². The Morgan fingerprint density at radius 2 is 2.16 bits per heavy atom. The molecule has 0 N–H and O–H groups in total. The Labute approximate surface area is 118 Å². The molecule has 4 nitrogen and oxygen atoms in total. The Bertz CT molecular complexity index is 673. The fraction of sp³-hybridized carbons (Fsp3) is 0.167. The third kappa shape index (κ3) is 2.88. The Morgan fingerprint density at radius 1 is 1.42 bits per heavy atom. The van der Waals surface area contributed by atoms with Crippen LogP contribution in [0.15, 0.2) is 29.3 Å². The fourth-order valence-corrected chi connectivity index (χ4v) is 1.81. The minimum absolute atomic E-state index is 0.0125. The van der Waals surface area contributed by atoms with Gasteiger partial charge in [-0.05, 0) is 6.07 Å². The number of aromatic nitrogens is 2. The molecule has 0 bridgehead atoms. The molecule has 2 rings (SSSR count). The van der Waals surface area contributed by atoms with Crippen LogP contribution >= 0.6 is 23.2 Å². The molecule has 0 fully saturated rings. The summed E-state index contributed by atoms with van der Waals surface area (Å²) >= 11 is 11.3.